The van der Waals surface area contributed by atoms with Gasteiger partial charge in [-0.2, -0.15) is 5.26 Å². The molecule has 1 aromatic carbocycles. The van der Waals surface area contributed by atoms with Gasteiger partial charge < -0.3 is 4.90 Å². The van der Waals surface area contributed by atoms with Crippen LogP contribution in [0.25, 0.3) is 10.9 Å². The molecule has 28 heavy (non-hydrogen) atoms. The summed E-state index contributed by atoms with van der Waals surface area (Å²) in [7, 11) is 1.51. The van der Waals surface area contributed by atoms with Crippen molar-refractivity contribution in [2.24, 2.45) is 0 Å². The predicted molar refractivity (Wildman–Crippen MR) is 121 cm³/mol. The first kappa shape index (κ1) is 21.0. The van der Waals surface area contributed by atoms with E-state index in [1.54, 1.807) is 29.0 Å². The Hall–Kier alpha value is -1.71. The summed E-state index contributed by atoms with van der Waals surface area (Å²) >= 11 is 2.08. The maximum absolute atomic E-state index is 12.9. The molecular weight excluding hydrogens is 511 g/mol. The van der Waals surface area contributed by atoms with E-state index in [0.29, 0.717) is 24.3 Å². The van der Waals surface area contributed by atoms with Crippen molar-refractivity contribution in [3.63, 3.8) is 0 Å². The molecule has 0 N–H and O–H groups in total. The molecule has 1 aliphatic heterocycles. The first-order valence-corrected chi connectivity index (χ1v) is 13.4. The van der Waals surface area contributed by atoms with E-state index in [1.165, 1.54) is 19.6 Å². The Kier molecular flexibility index (Phi) is 5.97. The Morgan fingerprint density at radius 2 is 2.07 bits per heavy atom. The number of fused-ring (bicyclic) bond motifs is 1. The van der Waals surface area contributed by atoms with Crippen molar-refractivity contribution in [1.29, 1.82) is 5.26 Å². The number of carbonyl (C=O) groups is 1. The molecule has 10 heteroatoms. The van der Waals surface area contributed by atoms with E-state index in [9.17, 15) is 18.5 Å². The fourth-order valence-electron chi connectivity index (χ4n) is 3.28. The van der Waals surface area contributed by atoms with Crippen LogP contribution in [-0.2, 0) is 10.0 Å². The number of aromatic nitrogens is 1. The van der Waals surface area contributed by atoms with E-state index in [-0.39, 0.29) is 17.1 Å². The fourth-order valence-corrected chi connectivity index (χ4v) is 6.61. The molecule has 0 unspecified atom stereocenters. The van der Waals surface area contributed by atoms with Crippen molar-refractivity contribution < 1.29 is 13.2 Å². The zero-order valence-corrected chi connectivity index (χ0v) is 19.4. The first-order valence-electron chi connectivity index (χ1n) is 8.48. The Labute approximate surface area is 180 Å². The van der Waals surface area contributed by atoms with Crippen LogP contribution in [0.4, 0.5) is 5.69 Å². The molecule has 2 heterocycles. The number of hydrogen-bond acceptors (Lipinski definition) is 6. The average molecular weight is 530 g/mol. The standard InChI is InChI=1S/C18H19IN4O3S2/c1-12-7-13-8-17(18(24)14(10-20)11-21(2)3)23(27-19)16(13)9-15(12)22-5-4-6-28(22,25)26/h7-9,11H,4-6H2,1-3H3/b14-11+. The van der Waals surface area contributed by atoms with Crippen molar-refractivity contribution in [3.8, 4) is 6.07 Å². The van der Waals surface area contributed by atoms with E-state index in [4.69, 9.17) is 0 Å². The van der Waals surface area contributed by atoms with Gasteiger partial charge in [-0.05, 0) is 37.1 Å². The number of sulfonamides is 1. The van der Waals surface area contributed by atoms with Crippen LogP contribution in [0.15, 0.2) is 30.0 Å². The number of ketones is 1. The molecule has 7 nitrogen and oxygen atoms in total. The number of Topliss-reactive ketones (excluding diaryl/α,β-unsaturated/α-hetero) is 1. The number of nitriles is 1. The SMILES string of the molecule is Cc1cc2cc(C(=O)/C(C#N)=C/N(C)C)n(SI)c2cc1N1CCCS1(=O)=O. The lowest BCUT2D eigenvalue weighted by molar-refractivity contribution is 0.103. The lowest BCUT2D eigenvalue weighted by Crippen LogP contribution is -2.25. The summed E-state index contributed by atoms with van der Waals surface area (Å²) in [4.78, 5) is 14.6. The van der Waals surface area contributed by atoms with E-state index < -0.39 is 10.0 Å². The van der Waals surface area contributed by atoms with Gasteiger partial charge in [-0.25, -0.2) is 8.42 Å². The monoisotopic (exact) mass is 530 g/mol. The van der Waals surface area contributed by atoms with Crippen LogP contribution in [-0.4, -0.2) is 49.5 Å². The van der Waals surface area contributed by atoms with E-state index in [0.717, 1.165) is 16.5 Å². The molecule has 0 radical (unpaired) electrons. The van der Waals surface area contributed by atoms with Gasteiger partial charge in [0.05, 0.1) is 17.0 Å². The Balaban J connectivity index is 2.18. The Morgan fingerprint density at radius 3 is 2.61 bits per heavy atom. The highest BCUT2D eigenvalue weighted by Gasteiger charge is 2.30. The van der Waals surface area contributed by atoms with Crippen molar-refractivity contribution in [3.05, 3.63) is 41.2 Å². The van der Waals surface area contributed by atoms with Gasteiger partial charge >= 0.3 is 0 Å². The second kappa shape index (κ2) is 7.96. The van der Waals surface area contributed by atoms with Crippen molar-refractivity contribution in [2.45, 2.75) is 13.3 Å². The molecule has 1 aliphatic rings. The molecule has 3 rings (SSSR count). The molecule has 1 aromatic heterocycles. The lowest BCUT2D eigenvalue weighted by Gasteiger charge is -2.19. The van der Waals surface area contributed by atoms with Crippen LogP contribution in [0.5, 0.6) is 0 Å². The second-order valence-electron chi connectivity index (χ2n) is 6.78. The quantitative estimate of drug-likeness (QED) is 0.255. The van der Waals surface area contributed by atoms with E-state index >= 15 is 0 Å². The normalized spacial score (nSPS) is 16.4. The summed E-state index contributed by atoms with van der Waals surface area (Å²) < 4.78 is 27.9. The van der Waals surface area contributed by atoms with Gasteiger partial charge in [-0.1, -0.05) is 0 Å². The van der Waals surface area contributed by atoms with Crippen molar-refractivity contribution in [1.82, 2.24) is 8.87 Å². The first-order chi connectivity index (χ1) is 13.2. The van der Waals surface area contributed by atoms with Crippen LogP contribution >= 0.6 is 30.3 Å². The molecule has 1 fully saturated rings. The molecular formula is C18H19IN4O3S2. The highest BCUT2D eigenvalue weighted by molar-refractivity contribution is 14.2. The van der Waals surface area contributed by atoms with Crippen LogP contribution in [0.1, 0.15) is 22.5 Å². The molecule has 0 aliphatic carbocycles. The van der Waals surface area contributed by atoms with Gasteiger partial charge in [0, 0.05) is 62.6 Å². The van der Waals surface area contributed by atoms with Gasteiger partial charge in [0.15, 0.2) is 0 Å². The highest BCUT2D eigenvalue weighted by Crippen LogP contribution is 2.36. The number of aryl methyl sites for hydroxylation is 1. The third kappa shape index (κ3) is 3.75. The van der Waals surface area contributed by atoms with Crippen LogP contribution in [0.3, 0.4) is 0 Å². The minimum atomic E-state index is -3.30. The third-order valence-electron chi connectivity index (χ3n) is 4.50. The summed E-state index contributed by atoms with van der Waals surface area (Å²) in [5.41, 5.74) is 2.63. The Bertz CT molecular complexity index is 1130. The van der Waals surface area contributed by atoms with Gasteiger partial charge in [-0.15, -0.1) is 0 Å². The van der Waals surface area contributed by atoms with Crippen molar-refractivity contribution in [2.75, 3.05) is 30.7 Å². The molecule has 148 valence electrons. The maximum atomic E-state index is 12.9. The number of benzene rings is 1. The number of nitrogens with zero attached hydrogens (tertiary/aromatic N) is 4. The molecule has 0 saturated carbocycles. The zero-order chi connectivity index (χ0) is 20.6. The highest BCUT2D eigenvalue weighted by atomic mass is 127. The van der Waals surface area contributed by atoms with Gasteiger partial charge in [0.1, 0.15) is 17.3 Å². The zero-order valence-electron chi connectivity index (χ0n) is 15.6. The molecule has 2 aromatic rings. The summed E-state index contributed by atoms with van der Waals surface area (Å²) in [5, 5.41) is 10.2. The molecule has 0 atom stereocenters. The molecule has 0 spiro atoms. The summed E-state index contributed by atoms with van der Waals surface area (Å²) in [6, 6.07) is 7.42. The fraction of sp³-hybridized carbons (Fsp3) is 0.333. The summed E-state index contributed by atoms with van der Waals surface area (Å²) in [6.45, 7) is 2.33. The third-order valence-corrected chi connectivity index (χ3v) is 8.07. The van der Waals surface area contributed by atoms with Crippen LogP contribution < -0.4 is 4.31 Å². The van der Waals surface area contributed by atoms with Crippen LogP contribution in [0, 0.1) is 18.3 Å². The number of halogens is 1. The number of anilines is 1. The minimum absolute atomic E-state index is 0.0403. The number of allylic oxidation sites excluding steroid dienone is 1. The number of rotatable bonds is 5. The van der Waals surface area contributed by atoms with Gasteiger partial charge in [0.25, 0.3) is 0 Å². The number of carbonyl (C=O) groups excluding carboxylic acids is 1. The summed E-state index contributed by atoms with van der Waals surface area (Å²) in [5.74, 6) is -0.221. The maximum Gasteiger partial charge on any atom is 0.235 e. The smallest absolute Gasteiger partial charge is 0.235 e. The predicted octanol–water partition coefficient (Wildman–Crippen LogP) is 3.49. The van der Waals surface area contributed by atoms with E-state index in [2.05, 4.69) is 21.2 Å². The lowest BCUT2D eigenvalue weighted by atomic mass is 10.1. The molecule has 1 saturated heterocycles. The van der Waals surface area contributed by atoms with Crippen molar-refractivity contribution >= 4 is 62.7 Å². The largest absolute Gasteiger partial charge is 0.382 e. The molecule has 0 bridgehead atoms. The molecule has 0 amide bonds. The van der Waals surface area contributed by atoms with Crippen LogP contribution in [0.2, 0.25) is 0 Å². The topological polar surface area (TPSA) is 86.4 Å². The number of hydrogen-bond donors (Lipinski definition) is 0. The van der Waals surface area contributed by atoms with Gasteiger partial charge in [0.2, 0.25) is 15.8 Å². The Morgan fingerprint density at radius 1 is 1.36 bits per heavy atom. The van der Waals surface area contributed by atoms with E-state index in [1.807, 2.05) is 25.1 Å². The second-order valence-corrected chi connectivity index (χ2v) is 10.5. The minimum Gasteiger partial charge on any atom is -0.382 e. The summed E-state index contributed by atoms with van der Waals surface area (Å²) in [6.07, 6.45) is 2.10. The average Bonchev–Trinajstić information content (AvgIpc) is 3.16. The van der Waals surface area contributed by atoms with Gasteiger partial charge in [-0.3, -0.25) is 13.1 Å².